The van der Waals surface area contributed by atoms with E-state index in [1.807, 2.05) is 133 Å². The molecule has 6 aromatic carbocycles. The predicted octanol–water partition coefficient (Wildman–Crippen LogP) is 14.0. The van der Waals surface area contributed by atoms with E-state index >= 15 is 0 Å². The smallest absolute Gasteiger partial charge is 0.420 e. The largest absolute Gasteiger partial charge is 0.488 e. The molecule has 0 saturated heterocycles. The summed E-state index contributed by atoms with van der Waals surface area (Å²) in [6.07, 6.45) is 0. The Morgan fingerprint density at radius 2 is 0.650 bits per heavy atom. The summed E-state index contributed by atoms with van der Waals surface area (Å²) in [5.41, 5.74) is 4.65. The van der Waals surface area contributed by atoms with Crippen LogP contribution in [0.15, 0.2) is 133 Å². The molecule has 0 aliphatic carbocycles. The highest BCUT2D eigenvalue weighted by Crippen LogP contribution is 2.55. The maximum atomic E-state index is 12.8. The molecule has 0 unspecified atom stereocenters. The van der Waals surface area contributed by atoms with Gasteiger partial charge in [0.1, 0.15) is 22.6 Å². The molecule has 0 fully saturated rings. The third-order valence-corrected chi connectivity index (χ3v) is 16.9. The highest BCUT2D eigenvalue weighted by Gasteiger charge is 2.34. The molecule has 80 heavy (non-hydrogen) atoms. The average Bonchev–Trinajstić information content (AvgIpc) is 4.34. The lowest BCUT2D eigenvalue weighted by atomic mass is 9.97. The van der Waals surface area contributed by atoms with E-state index < -0.39 is 7.37 Å². The molecule has 8 bridgehead atoms. The van der Waals surface area contributed by atoms with Crippen LogP contribution < -0.4 is 29.6 Å². The number of nitrogens with one attached hydrogen (secondary N) is 2. The van der Waals surface area contributed by atoms with Gasteiger partial charge in [-0.1, -0.05) is 192 Å². The van der Waals surface area contributed by atoms with E-state index in [2.05, 4.69) is 93.1 Å². The lowest BCUT2D eigenvalue weighted by Crippen LogP contribution is -2.22. The van der Waals surface area contributed by atoms with Crippen LogP contribution in [-0.2, 0) is 8.14 Å². The Morgan fingerprint density at radius 3 is 0.963 bits per heavy atom. The van der Waals surface area contributed by atoms with Gasteiger partial charge in [-0.3, -0.25) is 4.57 Å². The second-order valence-corrected chi connectivity index (χ2v) is 28.7. The second kappa shape index (κ2) is 21.9. The van der Waals surface area contributed by atoms with Crippen molar-refractivity contribution in [2.24, 2.45) is 21.7 Å². The van der Waals surface area contributed by atoms with Crippen molar-refractivity contribution in [3.63, 3.8) is 0 Å². The molecule has 0 atom stereocenters. The number of aromatic amines is 2. The highest BCUT2D eigenvalue weighted by atomic mass is 31.2. The van der Waals surface area contributed by atoms with Crippen LogP contribution >= 0.6 is 7.37 Å². The summed E-state index contributed by atoms with van der Waals surface area (Å²) < 4.78 is 46.1. The molecule has 0 amide bonds. The third-order valence-electron chi connectivity index (χ3n) is 12.9. The maximum Gasteiger partial charge on any atom is 0.420 e. The molecule has 14 nitrogen and oxygen atoms in total. The van der Waals surface area contributed by atoms with Gasteiger partial charge < -0.3 is 32.5 Å². The van der Waals surface area contributed by atoms with Gasteiger partial charge in [0.25, 0.3) is 0 Å². The Hall–Kier alpha value is -7.40. The van der Waals surface area contributed by atoms with Gasteiger partial charge in [0, 0.05) is 43.6 Å². The van der Waals surface area contributed by atoms with Crippen molar-refractivity contribution in [1.82, 2.24) is 39.9 Å². The van der Waals surface area contributed by atoms with Crippen LogP contribution in [0.4, 0.5) is 0 Å². The Bertz CT molecular complexity index is 3740. The molecule has 0 spiro atoms. The molecule has 3 aromatic heterocycles. The van der Waals surface area contributed by atoms with Crippen molar-refractivity contribution >= 4 is 78.7 Å². The van der Waals surface area contributed by atoms with Crippen LogP contribution in [0.2, 0.25) is 0 Å². The first-order valence-electron chi connectivity index (χ1n) is 27.1. The lowest BCUT2D eigenvalue weighted by molar-refractivity contribution is 0.142. The summed E-state index contributed by atoms with van der Waals surface area (Å²) in [4.78, 5) is 38.6. The first-order chi connectivity index (χ1) is 38.0. The lowest BCUT2D eigenvalue weighted by Gasteiger charge is -2.28. The zero-order valence-corrected chi connectivity index (χ0v) is 51.0. The predicted molar refractivity (Wildman–Crippen MR) is 325 cm³/mol. The standard InChI is InChI=1S/C52H58N8O4.C12H11O2P.Al.2H/c1-49(2,3)25-61-37-35-36(38(62-26-50(4,5)6)40(64-28-52(10,11)12)39(37)63-27-51(7,8)9)48-59-46-34-24-18-16-22-32(34)44(57-46)55-42-30-20-14-13-19-29(30)41(53-42)54-43-31-21-15-17-23-33(31)45(56-43)58-47(35)60-48;13-15(14,11-7-3-1-4-8-11)12-9-5-2-6-10-12;;;/h13-24H,25-28H2,1-12H3,(H2,53,54,55,56,57,58,59,60);1-10H,(H,13,14);;;/q;;+1;;/p-1. The van der Waals surface area contributed by atoms with Gasteiger partial charge in [-0.05, 0) is 45.9 Å². The van der Waals surface area contributed by atoms with E-state index in [-0.39, 0.29) is 21.7 Å². The minimum Gasteiger partial charge on any atom is -0.488 e. The van der Waals surface area contributed by atoms with Gasteiger partial charge >= 0.3 is 16.6 Å². The van der Waals surface area contributed by atoms with Gasteiger partial charge in [0.05, 0.1) is 37.2 Å². The molecular formula is C64H70AlN8O6P. The number of ether oxygens (including phenoxy) is 4. The number of hydrogen-bond acceptors (Lipinski definition) is 12. The zero-order chi connectivity index (χ0) is 56.8. The van der Waals surface area contributed by atoms with Crippen molar-refractivity contribution in [1.29, 1.82) is 0 Å². The molecule has 410 valence electrons. The fourth-order valence-electron chi connectivity index (χ4n) is 9.09. The first kappa shape index (κ1) is 55.9. The van der Waals surface area contributed by atoms with Gasteiger partial charge in [-0.2, -0.15) is 0 Å². The van der Waals surface area contributed by atoms with Crippen LogP contribution in [-0.4, -0.2) is 82.9 Å². The van der Waals surface area contributed by atoms with Gasteiger partial charge in [-0.15, -0.1) is 0 Å². The molecule has 2 aliphatic rings. The zero-order valence-electron chi connectivity index (χ0n) is 48.1. The molecule has 2 N–H and O–H groups in total. The van der Waals surface area contributed by atoms with Crippen LogP contribution in [0.3, 0.4) is 0 Å². The Balaban J connectivity index is 0.000000386. The number of aromatic nitrogens is 8. The van der Waals surface area contributed by atoms with Crippen LogP contribution in [0.5, 0.6) is 23.0 Å². The Kier molecular flexibility index (Phi) is 15.3. The topological polar surface area (TPSA) is 172 Å². The Labute approximate surface area is 476 Å². The normalized spacial score (nSPS) is 12.6. The summed E-state index contributed by atoms with van der Waals surface area (Å²) >= 11 is 0.453. The molecule has 0 radical (unpaired) electrons. The molecule has 11 rings (SSSR count). The average molecular weight is 1110 g/mol. The van der Waals surface area contributed by atoms with Crippen molar-refractivity contribution < 1.29 is 27.1 Å². The highest BCUT2D eigenvalue weighted by molar-refractivity contribution is 7.75. The summed E-state index contributed by atoms with van der Waals surface area (Å²) in [6, 6.07) is 42.9. The minimum absolute atomic E-state index is 0.212. The van der Waals surface area contributed by atoms with E-state index in [1.165, 1.54) is 0 Å². The summed E-state index contributed by atoms with van der Waals surface area (Å²) in [6.45, 7) is 27.2. The summed E-state index contributed by atoms with van der Waals surface area (Å²) in [5, 5.41) is 4.58. The number of benzene rings is 6. The molecule has 0 saturated carbocycles. The Morgan fingerprint density at radius 1 is 0.375 bits per heavy atom. The fraction of sp³-hybridized carbons (Fsp3) is 0.312. The number of fused-ring (bicyclic) bond motifs is 20. The minimum atomic E-state index is -2.84. The third kappa shape index (κ3) is 12.0. The number of H-pyrrole nitrogens is 2. The van der Waals surface area contributed by atoms with Gasteiger partial charge in [-0.25, -0.2) is 29.9 Å². The fourth-order valence-corrected chi connectivity index (χ4v) is 12.2. The van der Waals surface area contributed by atoms with E-state index in [9.17, 15) is 4.57 Å². The number of nitrogens with zero attached hydrogens (tertiary/aromatic N) is 6. The molecule has 2 aliphatic heterocycles. The van der Waals surface area contributed by atoms with Crippen LogP contribution in [0.1, 0.15) is 83.1 Å². The molecule has 5 heterocycles. The van der Waals surface area contributed by atoms with Crippen molar-refractivity contribution in [2.75, 3.05) is 26.4 Å². The van der Waals surface area contributed by atoms with E-state index in [0.29, 0.717) is 123 Å². The van der Waals surface area contributed by atoms with Crippen LogP contribution in [0, 0.1) is 21.7 Å². The van der Waals surface area contributed by atoms with Crippen LogP contribution in [0.25, 0.3) is 89.7 Å². The number of rotatable bonds is 11. The SMILES string of the molecule is CC(C)(C)COc1c(OCC(C)(C)C)c(OCC(C)(C)C)c2c3nc4nc(nc5[nH]c(nc6nc(nc([nH]3)c2c1OCC(C)(C)C)-c1ccccc1-6)c1ccccc51)-c1ccccc1-4.O=P([O][AlH2])(c1ccccc1)c1ccccc1. The number of hydrogen-bond donors (Lipinski definition) is 2. The first-order valence-corrected chi connectivity index (χ1v) is 29.5. The van der Waals surface area contributed by atoms with Gasteiger partial charge in [0.2, 0.25) is 18.9 Å². The van der Waals surface area contributed by atoms with E-state index in [4.69, 9.17) is 52.4 Å². The quantitative estimate of drug-likeness (QED) is 0.0929. The van der Waals surface area contributed by atoms with Crippen molar-refractivity contribution in [3.05, 3.63) is 133 Å². The van der Waals surface area contributed by atoms with Gasteiger partial charge in [0.15, 0.2) is 34.8 Å². The summed E-state index contributed by atoms with van der Waals surface area (Å²) in [5.74, 6) is 3.80. The summed E-state index contributed by atoms with van der Waals surface area (Å²) in [7, 11) is -2.84. The monoisotopic (exact) mass is 1100 g/mol. The maximum absolute atomic E-state index is 12.8. The molecular weight excluding hydrogens is 1030 g/mol. The molecule has 9 aromatic rings. The van der Waals surface area contributed by atoms with E-state index in [0.717, 1.165) is 43.6 Å². The molecule has 16 heteroatoms. The van der Waals surface area contributed by atoms with Crippen molar-refractivity contribution in [2.45, 2.75) is 83.1 Å². The second-order valence-electron chi connectivity index (χ2n) is 25.1. The van der Waals surface area contributed by atoms with Crippen molar-refractivity contribution in [3.8, 4) is 68.5 Å². The van der Waals surface area contributed by atoms with E-state index in [1.54, 1.807) is 0 Å².